The van der Waals surface area contributed by atoms with E-state index in [9.17, 15) is 13.2 Å². The lowest BCUT2D eigenvalue weighted by molar-refractivity contribution is 0.0653. The molecule has 2 fully saturated rings. The highest BCUT2D eigenvalue weighted by Crippen LogP contribution is 2.28. The van der Waals surface area contributed by atoms with Crippen LogP contribution in [0.5, 0.6) is 0 Å². The van der Waals surface area contributed by atoms with Gasteiger partial charge in [-0.15, -0.1) is 0 Å². The van der Waals surface area contributed by atoms with Gasteiger partial charge in [0, 0.05) is 32.2 Å². The van der Waals surface area contributed by atoms with Gasteiger partial charge in [0.05, 0.1) is 0 Å². The number of likely N-dealkylation sites (tertiary alicyclic amines) is 1. The predicted molar refractivity (Wildman–Crippen MR) is 120 cm³/mol. The van der Waals surface area contributed by atoms with Crippen LogP contribution in [-0.2, 0) is 16.4 Å². The minimum absolute atomic E-state index is 0.130. The summed E-state index contributed by atoms with van der Waals surface area (Å²) in [5.74, 6) is 0.828. The van der Waals surface area contributed by atoms with E-state index in [1.807, 2.05) is 0 Å². The van der Waals surface area contributed by atoms with Gasteiger partial charge in [0.15, 0.2) is 5.76 Å². The van der Waals surface area contributed by atoms with Crippen LogP contribution in [0.2, 0.25) is 0 Å². The van der Waals surface area contributed by atoms with E-state index in [0.29, 0.717) is 37.9 Å². The van der Waals surface area contributed by atoms with Crippen LogP contribution >= 0.6 is 0 Å². The second kappa shape index (κ2) is 9.17. The van der Waals surface area contributed by atoms with Crippen molar-refractivity contribution in [1.82, 2.24) is 9.21 Å². The summed E-state index contributed by atoms with van der Waals surface area (Å²) in [6.07, 6.45) is 5.88. The number of sulfonamides is 1. The molecule has 2 aliphatic rings. The summed E-state index contributed by atoms with van der Waals surface area (Å²) in [6, 6.07) is 10.1. The molecule has 0 spiro atoms. The van der Waals surface area contributed by atoms with E-state index in [1.54, 1.807) is 11.8 Å². The Morgan fingerprint density at radius 3 is 2.32 bits per heavy atom. The van der Waals surface area contributed by atoms with Crippen molar-refractivity contribution < 1.29 is 17.6 Å². The number of amides is 1. The molecule has 2 saturated heterocycles. The first-order valence-electron chi connectivity index (χ1n) is 11.3. The number of furan rings is 1. The maximum Gasteiger partial charge on any atom is 0.289 e. The monoisotopic (exact) mass is 444 g/mol. The zero-order valence-electron chi connectivity index (χ0n) is 18.5. The minimum Gasteiger partial charge on any atom is -0.455 e. The number of rotatable bonds is 6. The largest absolute Gasteiger partial charge is 0.455 e. The van der Waals surface area contributed by atoms with E-state index in [-0.39, 0.29) is 16.6 Å². The number of carbonyl (C=O) groups excluding carboxylic acids is 1. The topological polar surface area (TPSA) is 70.8 Å². The van der Waals surface area contributed by atoms with Gasteiger partial charge in [0.2, 0.25) is 10.0 Å². The molecule has 6 nitrogen and oxygen atoms in total. The Hall–Kier alpha value is -2.12. The first-order valence-corrected chi connectivity index (χ1v) is 12.7. The van der Waals surface area contributed by atoms with Crippen molar-refractivity contribution in [1.29, 1.82) is 0 Å². The Labute approximate surface area is 185 Å². The Morgan fingerprint density at radius 1 is 1.03 bits per heavy atom. The highest BCUT2D eigenvalue weighted by molar-refractivity contribution is 7.89. The lowest BCUT2D eigenvalue weighted by Crippen LogP contribution is -2.38. The lowest BCUT2D eigenvalue weighted by Gasteiger charge is -2.31. The van der Waals surface area contributed by atoms with Gasteiger partial charge in [-0.2, -0.15) is 4.31 Å². The fourth-order valence-electron chi connectivity index (χ4n) is 4.60. The van der Waals surface area contributed by atoms with Gasteiger partial charge in [-0.3, -0.25) is 4.79 Å². The van der Waals surface area contributed by atoms with Crippen LogP contribution in [0.4, 0.5) is 0 Å². The highest BCUT2D eigenvalue weighted by atomic mass is 32.2. The summed E-state index contributed by atoms with van der Waals surface area (Å²) in [5.41, 5.74) is 2.64. The van der Waals surface area contributed by atoms with E-state index in [4.69, 9.17) is 4.42 Å². The molecule has 2 aliphatic heterocycles. The van der Waals surface area contributed by atoms with Gasteiger partial charge in [0.1, 0.15) is 10.7 Å². The molecule has 0 saturated carbocycles. The maximum absolute atomic E-state index is 13.0. The molecule has 168 valence electrons. The molecular weight excluding hydrogens is 412 g/mol. The van der Waals surface area contributed by atoms with Crippen molar-refractivity contribution in [3.8, 4) is 0 Å². The molecule has 0 atom stereocenters. The second-order valence-electron chi connectivity index (χ2n) is 8.90. The first-order chi connectivity index (χ1) is 14.8. The quantitative estimate of drug-likeness (QED) is 0.671. The number of piperidine rings is 1. The molecule has 0 aliphatic carbocycles. The van der Waals surface area contributed by atoms with Crippen molar-refractivity contribution in [2.24, 2.45) is 5.92 Å². The molecule has 31 heavy (non-hydrogen) atoms. The molecule has 3 heterocycles. The first kappa shape index (κ1) is 22.1. The summed E-state index contributed by atoms with van der Waals surface area (Å²) in [5, 5.41) is 0. The Morgan fingerprint density at radius 2 is 1.68 bits per heavy atom. The van der Waals surface area contributed by atoms with Crippen molar-refractivity contribution in [3.63, 3.8) is 0 Å². The second-order valence-corrected chi connectivity index (χ2v) is 10.8. The molecule has 0 unspecified atom stereocenters. The molecule has 0 N–H and O–H groups in total. The average Bonchev–Trinajstić information content (AvgIpc) is 3.44. The van der Waals surface area contributed by atoms with E-state index in [1.165, 1.54) is 21.5 Å². The molecular formula is C24H32N2O4S. The zero-order chi connectivity index (χ0) is 22.0. The Bertz CT molecular complexity index is 1010. The number of carbonyl (C=O) groups is 1. The average molecular weight is 445 g/mol. The van der Waals surface area contributed by atoms with Crippen LogP contribution < -0.4 is 0 Å². The number of benzene rings is 1. The zero-order valence-corrected chi connectivity index (χ0v) is 19.3. The van der Waals surface area contributed by atoms with Crippen molar-refractivity contribution in [2.45, 2.75) is 57.3 Å². The molecule has 1 aromatic carbocycles. The highest BCUT2D eigenvalue weighted by Gasteiger charge is 2.33. The fourth-order valence-corrected chi connectivity index (χ4v) is 6.28. The molecule has 0 bridgehead atoms. The molecule has 7 heteroatoms. The van der Waals surface area contributed by atoms with E-state index < -0.39 is 10.0 Å². The van der Waals surface area contributed by atoms with Crippen LogP contribution in [0.3, 0.4) is 0 Å². The van der Waals surface area contributed by atoms with E-state index in [2.05, 4.69) is 31.2 Å². The fraction of sp³-hybridized carbons (Fsp3) is 0.542. The number of hydrogen-bond donors (Lipinski definition) is 0. The van der Waals surface area contributed by atoms with Crippen LogP contribution in [0.1, 0.15) is 59.5 Å². The summed E-state index contributed by atoms with van der Waals surface area (Å²) < 4.78 is 32.8. The van der Waals surface area contributed by atoms with Gasteiger partial charge >= 0.3 is 0 Å². The van der Waals surface area contributed by atoms with Crippen molar-refractivity contribution in [3.05, 3.63) is 53.0 Å². The van der Waals surface area contributed by atoms with Crippen molar-refractivity contribution in [2.75, 3.05) is 26.2 Å². The van der Waals surface area contributed by atoms with Crippen LogP contribution in [-0.4, -0.2) is 49.7 Å². The van der Waals surface area contributed by atoms with Crippen LogP contribution in [0, 0.1) is 19.8 Å². The third-order valence-corrected chi connectivity index (χ3v) is 8.64. The number of nitrogens with zero attached hydrogens (tertiary/aromatic N) is 2. The Kier molecular flexibility index (Phi) is 6.53. The summed E-state index contributed by atoms with van der Waals surface area (Å²) in [6.45, 7) is 6.16. The molecule has 1 amide bonds. The molecule has 1 aromatic heterocycles. The van der Waals surface area contributed by atoms with Crippen LogP contribution in [0.25, 0.3) is 0 Å². The van der Waals surface area contributed by atoms with Gasteiger partial charge in [-0.25, -0.2) is 8.42 Å². The SMILES string of the molecule is Cc1ccc(CCC2CCN(C(=O)c3cc(S(=O)(=O)N4CCCC4)c(C)o3)CC2)cc1. The van der Waals surface area contributed by atoms with Gasteiger partial charge in [-0.05, 0) is 63.9 Å². The predicted octanol–water partition coefficient (Wildman–Crippen LogP) is 4.17. The van der Waals surface area contributed by atoms with Gasteiger partial charge in [-0.1, -0.05) is 29.8 Å². The van der Waals surface area contributed by atoms with Gasteiger partial charge < -0.3 is 9.32 Å². The standard InChI is InChI=1S/C24H32N2O4S/c1-18-5-7-20(8-6-18)9-10-21-11-15-25(16-12-21)24(27)22-17-23(19(2)30-22)31(28,29)26-13-3-4-14-26/h5-8,17,21H,3-4,9-16H2,1-2H3. The van der Waals surface area contributed by atoms with Gasteiger partial charge in [0.25, 0.3) is 5.91 Å². The van der Waals surface area contributed by atoms with E-state index >= 15 is 0 Å². The summed E-state index contributed by atoms with van der Waals surface area (Å²) in [7, 11) is -3.59. The number of aryl methyl sites for hydroxylation is 3. The lowest BCUT2D eigenvalue weighted by atomic mass is 9.90. The third kappa shape index (κ3) is 4.88. The normalized spacial score (nSPS) is 18.6. The number of hydrogen-bond acceptors (Lipinski definition) is 4. The smallest absolute Gasteiger partial charge is 0.289 e. The summed E-state index contributed by atoms with van der Waals surface area (Å²) >= 11 is 0. The minimum atomic E-state index is -3.59. The Balaban J connectivity index is 1.34. The molecule has 0 radical (unpaired) electrons. The summed E-state index contributed by atoms with van der Waals surface area (Å²) in [4.78, 5) is 14.9. The van der Waals surface area contributed by atoms with Crippen molar-refractivity contribution >= 4 is 15.9 Å². The third-order valence-electron chi connectivity index (χ3n) is 6.63. The van der Waals surface area contributed by atoms with Crippen LogP contribution in [0.15, 0.2) is 39.6 Å². The molecule has 2 aromatic rings. The maximum atomic E-state index is 13.0. The molecule has 4 rings (SSSR count). The van der Waals surface area contributed by atoms with E-state index in [0.717, 1.165) is 38.5 Å².